The topological polar surface area (TPSA) is 374 Å². The fraction of sp³-hybridized carbons (Fsp3) is 0.589. The van der Waals surface area contributed by atoms with Crippen molar-refractivity contribution in [1.29, 1.82) is 0 Å². The predicted molar refractivity (Wildman–Crippen MR) is 355 cm³/mol. The van der Waals surface area contributed by atoms with E-state index in [4.69, 9.17) is 104 Å². The Labute approximate surface area is 607 Å². The summed E-state index contributed by atoms with van der Waals surface area (Å²) in [4.78, 5) is 131. The highest BCUT2D eigenvalue weighted by Gasteiger charge is 2.61. The molecule has 4 fully saturated rings. The minimum absolute atomic E-state index is 0.00907. The Morgan fingerprint density at radius 1 is 0.352 bits per heavy atom. The first-order valence-electron chi connectivity index (χ1n) is 34.2. The molecule has 105 heavy (non-hydrogen) atoms. The Hall–Kier alpha value is -8.38. The molecular formula is C73H94O32. The molecule has 4 heterocycles. The maximum Gasteiger partial charge on any atom is 0.305 e. The van der Waals surface area contributed by atoms with Crippen LogP contribution in [0.15, 0.2) is 104 Å². The van der Waals surface area contributed by atoms with E-state index in [2.05, 4.69) is 6.58 Å². The van der Waals surface area contributed by atoms with Gasteiger partial charge in [-0.25, -0.2) is 0 Å². The summed E-state index contributed by atoms with van der Waals surface area (Å²) >= 11 is 0. The highest BCUT2D eigenvalue weighted by Crippen LogP contribution is 2.41. The molecule has 7 rings (SSSR count). The molecule has 3 aromatic carbocycles. The third-order valence-corrected chi connectivity index (χ3v) is 16.3. The van der Waals surface area contributed by atoms with Crippen molar-refractivity contribution in [3.05, 3.63) is 120 Å². The molecule has 0 spiro atoms. The van der Waals surface area contributed by atoms with Crippen LogP contribution < -0.4 is 0 Å². The Bertz CT molecular complexity index is 3280. The summed E-state index contributed by atoms with van der Waals surface area (Å²) in [5.74, 6) is -9.05. The Balaban J connectivity index is 1.46. The van der Waals surface area contributed by atoms with Crippen LogP contribution in [0, 0.1) is 0 Å². The second kappa shape index (κ2) is 42.7. The summed E-state index contributed by atoms with van der Waals surface area (Å²) in [5, 5.41) is 0. The van der Waals surface area contributed by atoms with E-state index in [0.717, 1.165) is 79.0 Å². The zero-order valence-electron chi connectivity index (χ0n) is 60.2. The molecule has 4 aliphatic heterocycles. The lowest BCUT2D eigenvalue weighted by atomic mass is 9.95. The van der Waals surface area contributed by atoms with Gasteiger partial charge in [-0.3, -0.25) is 47.9 Å². The molecule has 0 aromatic heterocycles. The third kappa shape index (κ3) is 26.6. The average Bonchev–Trinajstić information content (AvgIpc) is 0.759. The van der Waals surface area contributed by atoms with Crippen LogP contribution in [-0.4, -0.2) is 229 Å². The number of hydrogen-bond acceptors (Lipinski definition) is 32. The molecule has 0 unspecified atom stereocenters. The maximum absolute atomic E-state index is 13.9. The molecule has 32 heteroatoms. The number of benzene rings is 3. The van der Waals surface area contributed by atoms with Crippen LogP contribution in [0.3, 0.4) is 0 Å². The number of ether oxygens (including phenoxy) is 22. The van der Waals surface area contributed by atoms with Crippen molar-refractivity contribution in [2.45, 2.75) is 231 Å². The SMILES string of the molecule is C=CCO[C@H]1[C@@H](O[C@H]2[C@@H](O[C@H]3[C@@H](O[C@H]4[C@@H](OCCCCCC(=O)OC)O[C@H](COC(C)=O)[C@@H](OC(C)=O)[C@@H]4OC(C)=O)O[C@H](COC(C)=O)[C@@H](OC(C)=O)[C@@H]3OC(C)=O)O[C@H](COC(C)=O)[C@@H](OC(C)=O)[C@@H]2OC(C)=O)O[C@H](COCc2ccccc2)[C@@H](OCc2ccccc2)[C@@H]1OCc1ccccc1. The summed E-state index contributed by atoms with van der Waals surface area (Å²) in [5.41, 5.74) is 2.28. The summed E-state index contributed by atoms with van der Waals surface area (Å²) in [6.45, 7) is 10.5. The molecule has 0 radical (unpaired) electrons. The van der Waals surface area contributed by atoms with Gasteiger partial charge >= 0.3 is 59.7 Å². The normalized spacial score (nSPS) is 28.6. The van der Waals surface area contributed by atoms with E-state index < -0.39 is 202 Å². The van der Waals surface area contributed by atoms with Crippen LogP contribution in [0.4, 0.5) is 0 Å². The van der Waals surface area contributed by atoms with Crippen LogP contribution >= 0.6 is 0 Å². The van der Waals surface area contributed by atoms with Gasteiger partial charge in [0.05, 0.1) is 40.1 Å². The fourth-order valence-corrected chi connectivity index (χ4v) is 12.0. The van der Waals surface area contributed by atoms with Gasteiger partial charge in [0, 0.05) is 75.3 Å². The van der Waals surface area contributed by atoms with Gasteiger partial charge in [-0.2, -0.15) is 0 Å². The van der Waals surface area contributed by atoms with Gasteiger partial charge in [0.25, 0.3) is 0 Å². The number of hydrogen-bond donors (Lipinski definition) is 0. The van der Waals surface area contributed by atoms with E-state index in [0.29, 0.717) is 12.8 Å². The van der Waals surface area contributed by atoms with Crippen LogP contribution in [0.25, 0.3) is 0 Å². The average molecular weight is 1480 g/mol. The number of carbonyl (C=O) groups excluding carboxylic acids is 10. The standard InChI is InChI=1S/C73H94O32/c1-12-32-86-66-62(92-36-52-29-21-15-22-30-52)58(91-35-51-27-19-14-20-28-51)53(37-85-34-50-25-17-13-18-26-50)100-71(66)104-68-64(97-48(9)81)60(94-45(6)78)56(40-90-43(4)76)102-73(68)105-69-65(98-49(10)82)61(95-46(7)79)55(39-89-42(3)75)101-72(69)103-67-63(96-47(8)80)59(93-44(5)77)54(38-88-41(2)74)99-70(67)87-33-24-16-23-31-57(83)84-11/h12-15,17-22,25-30,53-56,58-73H,1,16,23-24,31-40H2,2-11H3/t53-,54-,55-,56-,58-,59-,60-,61-,62+,63+,64+,65+,66-,67-,68-,69-,70+,71-,72-,73-/m1/s1. The van der Waals surface area contributed by atoms with Gasteiger partial charge in [0.2, 0.25) is 0 Å². The predicted octanol–water partition coefficient (Wildman–Crippen LogP) is 5.03. The van der Waals surface area contributed by atoms with Gasteiger partial charge in [0.1, 0.15) is 62.5 Å². The van der Waals surface area contributed by atoms with E-state index >= 15 is 0 Å². The van der Waals surface area contributed by atoms with Gasteiger partial charge in [0.15, 0.2) is 80.1 Å². The maximum atomic E-state index is 13.9. The van der Waals surface area contributed by atoms with E-state index in [1.54, 1.807) is 0 Å². The highest BCUT2D eigenvalue weighted by atomic mass is 16.8. The van der Waals surface area contributed by atoms with Crippen LogP contribution in [0.5, 0.6) is 0 Å². The van der Waals surface area contributed by atoms with Crippen molar-refractivity contribution in [3.63, 3.8) is 0 Å². The molecule has 3 aromatic rings. The van der Waals surface area contributed by atoms with Crippen LogP contribution in [0.2, 0.25) is 0 Å². The van der Waals surface area contributed by atoms with Crippen LogP contribution in [0.1, 0.15) is 105 Å². The van der Waals surface area contributed by atoms with Gasteiger partial charge in [-0.1, -0.05) is 103 Å². The first-order chi connectivity index (χ1) is 50.3. The van der Waals surface area contributed by atoms with E-state index in [1.807, 2.05) is 91.0 Å². The number of unbranched alkanes of at least 4 members (excludes halogenated alkanes) is 2. The third-order valence-electron chi connectivity index (χ3n) is 16.3. The van der Waals surface area contributed by atoms with Gasteiger partial charge < -0.3 is 104 Å². The van der Waals surface area contributed by atoms with Crippen molar-refractivity contribution >= 4 is 59.7 Å². The number of rotatable bonds is 38. The molecular weight excluding hydrogens is 1390 g/mol. The molecule has 0 bridgehead atoms. The van der Waals surface area contributed by atoms with Crippen molar-refractivity contribution in [2.24, 2.45) is 0 Å². The van der Waals surface area contributed by atoms with E-state index in [-0.39, 0.29) is 52.5 Å². The molecule has 0 amide bonds. The van der Waals surface area contributed by atoms with Gasteiger partial charge in [-0.05, 0) is 29.5 Å². The summed E-state index contributed by atoms with van der Waals surface area (Å²) in [6.07, 6.45) is -32.5. The van der Waals surface area contributed by atoms with Crippen molar-refractivity contribution in [1.82, 2.24) is 0 Å². The highest BCUT2D eigenvalue weighted by molar-refractivity contribution is 5.70. The smallest absolute Gasteiger partial charge is 0.305 e. The second-order valence-electron chi connectivity index (χ2n) is 24.7. The van der Waals surface area contributed by atoms with Gasteiger partial charge in [-0.15, -0.1) is 6.58 Å². The molecule has 20 atom stereocenters. The zero-order valence-corrected chi connectivity index (χ0v) is 60.2. The quantitative estimate of drug-likeness (QED) is 0.0314. The Morgan fingerprint density at radius 2 is 0.695 bits per heavy atom. The Morgan fingerprint density at radius 3 is 1.07 bits per heavy atom. The largest absolute Gasteiger partial charge is 0.469 e. The summed E-state index contributed by atoms with van der Waals surface area (Å²) in [6, 6.07) is 27.6. The fourth-order valence-electron chi connectivity index (χ4n) is 12.0. The summed E-state index contributed by atoms with van der Waals surface area (Å²) in [7, 11) is 1.24. The lowest BCUT2D eigenvalue weighted by Crippen LogP contribution is -2.70. The molecule has 4 saturated heterocycles. The molecule has 0 N–H and O–H groups in total. The lowest BCUT2D eigenvalue weighted by molar-refractivity contribution is -0.408. The number of methoxy groups -OCH3 is 1. The molecule has 578 valence electrons. The van der Waals surface area contributed by atoms with Crippen molar-refractivity contribution in [2.75, 3.05) is 46.8 Å². The monoisotopic (exact) mass is 1480 g/mol. The molecule has 0 saturated carbocycles. The zero-order chi connectivity index (χ0) is 76.1. The second-order valence-corrected chi connectivity index (χ2v) is 24.7. The first-order valence-corrected chi connectivity index (χ1v) is 34.2. The lowest BCUT2D eigenvalue weighted by Gasteiger charge is -2.52. The number of carbonyl (C=O) groups is 10. The number of esters is 10. The van der Waals surface area contributed by atoms with Crippen molar-refractivity contribution in [3.8, 4) is 0 Å². The first kappa shape index (κ1) is 83.9. The summed E-state index contributed by atoms with van der Waals surface area (Å²) < 4.78 is 138. The molecule has 0 aliphatic carbocycles. The minimum atomic E-state index is -2.20. The van der Waals surface area contributed by atoms with Crippen molar-refractivity contribution < 1.29 is 152 Å². The molecule has 32 nitrogen and oxygen atoms in total. The van der Waals surface area contributed by atoms with E-state index in [1.165, 1.54) is 13.2 Å². The minimum Gasteiger partial charge on any atom is -0.469 e. The van der Waals surface area contributed by atoms with Crippen LogP contribution in [-0.2, 0) is 172 Å². The Kier molecular flexibility index (Phi) is 34.1. The molecule has 4 aliphatic rings. The van der Waals surface area contributed by atoms with E-state index in [9.17, 15) is 47.9 Å².